The molecule has 0 aromatic heterocycles. The fourth-order valence-corrected chi connectivity index (χ4v) is 1.94. The number of carbonyl (C=O) groups is 1. The highest BCUT2D eigenvalue weighted by molar-refractivity contribution is 9.08. The lowest BCUT2D eigenvalue weighted by molar-refractivity contribution is 0.0525. The highest BCUT2D eigenvalue weighted by atomic mass is 79.9. The van der Waals surface area contributed by atoms with Gasteiger partial charge in [-0.2, -0.15) is 5.26 Å². The summed E-state index contributed by atoms with van der Waals surface area (Å²) in [7, 11) is 0. The summed E-state index contributed by atoms with van der Waals surface area (Å²) in [5, 5.41) is 9.11. The fraction of sp³-hybridized carbons (Fsp3) is 0.333. The molecule has 1 rings (SSSR count). The largest absolute Gasteiger partial charge is 0.462 e. The summed E-state index contributed by atoms with van der Waals surface area (Å²) in [5.74, 6) is -0.767. The highest BCUT2D eigenvalue weighted by Gasteiger charge is 2.20. The van der Waals surface area contributed by atoms with Crippen molar-refractivity contribution in [1.29, 1.82) is 5.26 Å². The number of rotatable bonds is 4. The van der Waals surface area contributed by atoms with E-state index in [-0.39, 0.29) is 34.2 Å². The first kappa shape index (κ1) is 14.6. The van der Waals surface area contributed by atoms with Crippen LogP contribution in [-0.2, 0) is 10.1 Å². The summed E-state index contributed by atoms with van der Waals surface area (Å²) < 4.78 is 30.4. The van der Waals surface area contributed by atoms with Crippen LogP contribution in [-0.4, -0.2) is 12.6 Å². The van der Waals surface area contributed by atoms with Crippen molar-refractivity contribution in [2.45, 2.75) is 18.7 Å². The third kappa shape index (κ3) is 3.05. The zero-order chi connectivity index (χ0) is 13.7. The SMILES string of the molecule is CCOC(=O)c1cc(C(F)F)c(CBr)cc1C#N. The Hall–Kier alpha value is -1.48. The van der Waals surface area contributed by atoms with Gasteiger partial charge >= 0.3 is 5.97 Å². The molecule has 18 heavy (non-hydrogen) atoms. The van der Waals surface area contributed by atoms with Gasteiger partial charge in [-0.15, -0.1) is 0 Å². The van der Waals surface area contributed by atoms with Crippen molar-refractivity contribution in [3.8, 4) is 6.07 Å². The molecule has 96 valence electrons. The van der Waals surface area contributed by atoms with Gasteiger partial charge in [0, 0.05) is 10.9 Å². The topological polar surface area (TPSA) is 50.1 Å². The summed E-state index contributed by atoms with van der Waals surface area (Å²) in [5.41, 5.74) is -0.0739. The van der Waals surface area contributed by atoms with Gasteiger partial charge in [0.1, 0.15) is 6.07 Å². The molecular weight excluding hydrogens is 308 g/mol. The number of hydrogen-bond acceptors (Lipinski definition) is 3. The molecule has 3 nitrogen and oxygen atoms in total. The maximum absolute atomic E-state index is 12.8. The Morgan fingerprint density at radius 2 is 2.22 bits per heavy atom. The van der Waals surface area contributed by atoms with Crippen LogP contribution in [0.3, 0.4) is 0 Å². The molecule has 0 spiro atoms. The minimum Gasteiger partial charge on any atom is -0.462 e. The number of benzene rings is 1. The molecular formula is C12H10BrF2NO2. The van der Waals surface area contributed by atoms with Gasteiger partial charge in [-0.1, -0.05) is 15.9 Å². The van der Waals surface area contributed by atoms with Crippen molar-refractivity contribution < 1.29 is 18.3 Å². The Bertz CT molecular complexity index is 498. The lowest BCUT2D eigenvalue weighted by Crippen LogP contribution is -2.09. The first-order chi connectivity index (χ1) is 8.54. The van der Waals surface area contributed by atoms with E-state index in [2.05, 4.69) is 15.9 Å². The van der Waals surface area contributed by atoms with Crippen LogP contribution in [0.15, 0.2) is 12.1 Å². The molecule has 0 N–H and O–H groups in total. The Balaban J connectivity index is 3.37. The number of hydrogen-bond donors (Lipinski definition) is 0. The molecule has 0 saturated heterocycles. The lowest BCUT2D eigenvalue weighted by atomic mass is 10.00. The van der Waals surface area contributed by atoms with Gasteiger partial charge in [0.2, 0.25) is 0 Å². The van der Waals surface area contributed by atoms with Crippen molar-refractivity contribution in [3.63, 3.8) is 0 Å². The van der Waals surface area contributed by atoms with E-state index < -0.39 is 12.4 Å². The zero-order valence-electron chi connectivity index (χ0n) is 9.54. The van der Waals surface area contributed by atoms with Gasteiger partial charge in [0.05, 0.1) is 17.7 Å². The summed E-state index contributed by atoms with van der Waals surface area (Å²) >= 11 is 3.07. The van der Waals surface area contributed by atoms with E-state index in [4.69, 9.17) is 10.00 Å². The first-order valence-electron chi connectivity index (χ1n) is 5.13. The van der Waals surface area contributed by atoms with E-state index in [1.54, 1.807) is 6.92 Å². The molecule has 1 aromatic rings. The van der Waals surface area contributed by atoms with E-state index in [9.17, 15) is 13.6 Å². The Morgan fingerprint density at radius 3 is 2.67 bits per heavy atom. The van der Waals surface area contributed by atoms with Gasteiger partial charge in [-0.05, 0) is 24.6 Å². The van der Waals surface area contributed by atoms with Crippen LogP contribution in [0.4, 0.5) is 8.78 Å². The van der Waals surface area contributed by atoms with Crippen molar-refractivity contribution in [2.75, 3.05) is 6.61 Å². The van der Waals surface area contributed by atoms with E-state index in [1.165, 1.54) is 6.07 Å². The first-order valence-corrected chi connectivity index (χ1v) is 6.25. The standard InChI is InChI=1S/C12H10BrF2NO2/c1-2-18-12(17)10-4-9(11(14)15)7(5-13)3-8(10)6-16/h3-4,11H,2,5H2,1H3. The quantitative estimate of drug-likeness (QED) is 0.630. The molecule has 0 atom stereocenters. The number of ether oxygens (including phenoxy) is 1. The van der Waals surface area contributed by atoms with Crippen molar-refractivity contribution in [1.82, 2.24) is 0 Å². The van der Waals surface area contributed by atoms with Crippen LogP contribution in [0.5, 0.6) is 0 Å². The molecule has 6 heteroatoms. The summed E-state index contributed by atoms with van der Waals surface area (Å²) in [6.07, 6.45) is -2.71. The molecule has 0 saturated carbocycles. The van der Waals surface area contributed by atoms with Gasteiger partial charge < -0.3 is 4.74 Å². The van der Waals surface area contributed by atoms with Crippen LogP contribution >= 0.6 is 15.9 Å². The minimum absolute atomic E-state index is 0.0345. The monoisotopic (exact) mass is 317 g/mol. The molecule has 0 unspecified atom stereocenters. The third-order valence-corrected chi connectivity index (χ3v) is 2.88. The maximum atomic E-state index is 12.8. The van der Waals surface area contributed by atoms with Gasteiger partial charge in [0.15, 0.2) is 0 Å². The van der Waals surface area contributed by atoms with Crippen LogP contribution in [0, 0.1) is 11.3 Å². The molecule has 0 fully saturated rings. The number of nitriles is 1. The number of carbonyl (C=O) groups excluding carboxylic acids is 1. The van der Waals surface area contributed by atoms with Crippen LogP contribution in [0.2, 0.25) is 0 Å². The summed E-state index contributed by atoms with van der Waals surface area (Å²) in [6.45, 7) is 1.72. The second kappa shape index (κ2) is 6.45. The van der Waals surface area contributed by atoms with Crippen LogP contribution in [0.25, 0.3) is 0 Å². The number of nitrogens with zero attached hydrogens (tertiary/aromatic N) is 1. The predicted octanol–water partition coefficient (Wildman–Crippen LogP) is 3.57. The molecule has 0 aliphatic rings. The average Bonchev–Trinajstić information content (AvgIpc) is 2.37. The lowest BCUT2D eigenvalue weighted by Gasteiger charge is -2.10. The smallest absolute Gasteiger partial charge is 0.339 e. The van der Waals surface area contributed by atoms with Crippen molar-refractivity contribution >= 4 is 21.9 Å². The molecule has 0 bridgehead atoms. The Kier molecular flexibility index (Phi) is 5.23. The van der Waals surface area contributed by atoms with Crippen LogP contribution < -0.4 is 0 Å². The average molecular weight is 318 g/mol. The van der Waals surface area contributed by atoms with Crippen molar-refractivity contribution in [3.05, 3.63) is 34.4 Å². The van der Waals surface area contributed by atoms with E-state index in [1.807, 2.05) is 6.07 Å². The zero-order valence-corrected chi connectivity index (χ0v) is 11.1. The molecule has 1 aromatic carbocycles. The molecule has 0 radical (unpaired) electrons. The number of esters is 1. The Morgan fingerprint density at radius 1 is 1.56 bits per heavy atom. The molecule has 0 aliphatic heterocycles. The normalized spacial score (nSPS) is 10.2. The molecule has 0 aliphatic carbocycles. The van der Waals surface area contributed by atoms with E-state index in [0.717, 1.165) is 6.07 Å². The second-order valence-electron chi connectivity index (χ2n) is 3.36. The maximum Gasteiger partial charge on any atom is 0.339 e. The Labute approximate surface area is 111 Å². The van der Waals surface area contributed by atoms with Gasteiger partial charge in [-0.3, -0.25) is 0 Å². The minimum atomic E-state index is -2.71. The molecule has 0 amide bonds. The summed E-state index contributed by atoms with van der Waals surface area (Å²) in [4.78, 5) is 11.6. The molecule has 0 heterocycles. The van der Waals surface area contributed by atoms with E-state index >= 15 is 0 Å². The predicted molar refractivity (Wildman–Crippen MR) is 64.7 cm³/mol. The van der Waals surface area contributed by atoms with Crippen molar-refractivity contribution in [2.24, 2.45) is 0 Å². The number of alkyl halides is 3. The van der Waals surface area contributed by atoms with Crippen LogP contribution in [0.1, 0.15) is 40.4 Å². The third-order valence-electron chi connectivity index (χ3n) is 2.27. The van der Waals surface area contributed by atoms with Gasteiger partial charge in [0.25, 0.3) is 6.43 Å². The summed E-state index contributed by atoms with van der Waals surface area (Å²) in [6, 6.07) is 4.12. The highest BCUT2D eigenvalue weighted by Crippen LogP contribution is 2.28. The second-order valence-corrected chi connectivity index (χ2v) is 3.92. The van der Waals surface area contributed by atoms with Gasteiger partial charge in [-0.25, -0.2) is 13.6 Å². The van der Waals surface area contributed by atoms with E-state index in [0.29, 0.717) is 0 Å². The number of halogens is 3. The fourth-order valence-electron chi connectivity index (χ4n) is 1.45.